The van der Waals surface area contributed by atoms with E-state index in [1.54, 1.807) is 17.3 Å². The molecule has 29 heavy (non-hydrogen) atoms. The first-order chi connectivity index (χ1) is 14.1. The zero-order valence-corrected chi connectivity index (χ0v) is 17.1. The van der Waals surface area contributed by atoms with Crippen molar-refractivity contribution >= 4 is 32.6 Å². The third kappa shape index (κ3) is 4.43. The number of nitrogens with zero attached hydrogens (tertiary/aromatic N) is 3. The summed E-state index contributed by atoms with van der Waals surface area (Å²) in [5.41, 5.74) is 4.17. The van der Waals surface area contributed by atoms with Crippen molar-refractivity contribution in [2.45, 2.75) is 20.4 Å². The van der Waals surface area contributed by atoms with Gasteiger partial charge in [-0.2, -0.15) is 0 Å². The van der Waals surface area contributed by atoms with Crippen LogP contribution in [-0.2, 0) is 11.3 Å². The van der Waals surface area contributed by atoms with Crippen LogP contribution in [0.4, 0.5) is 5.13 Å². The van der Waals surface area contributed by atoms with Crippen LogP contribution in [0.1, 0.15) is 16.7 Å². The maximum absolute atomic E-state index is 13.1. The van der Waals surface area contributed by atoms with Gasteiger partial charge in [-0.1, -0.05) is 41.7 Å². The van der Waals surface area contributed by atoms with Gasteiger partial charge in [-0.25, -0.2) is 4.98 Å². The summed E-state index contributed by atoms with van der Waals surface area (Å²) in [4.78, 5) is 23.7. The summed E-state index contributed by atoms with van der Waals surface area (Å²) in [7, 11) is 0. The lowest BCUT2D eigenvalue weighted by molar-refractivity contribution is -0.120. The molecule has 0 bridgehead atoms. The molecule has 2 aromatic carbocycles. The van der Waals surface area contributed by atoms with Crippen molar-refractivity contribution in [2.75, 3.05) is 11.5 Å². The summed E-state index contributed by atoms with van der Waals surface area (Å²) in [6, 6.07) is 17.3. The number of hydrogen-bond donors (Lipinski definition) is 0. The van der Waals surface area contributed by atoms with E-state index in [-0.39, 0.29) is 12.5 Å². The zero-order chi connectivity index (χ0) is 20.2. The molecule has 2 aromatic heterocycles. The Morgan fingerprint density at radius 1 is 1.10 bits per heavy atom. The molecule has 146 valence electrons. The van der Waals surface area contributed by atoms with Crippen molar-refractivity contribution in [2.24, 2.45) is 0 Å². The van der Waals surface area contributed by atoms with Gasteiger partial charge in [0.25, 0.3) is 5.91 Å². The fourth-order valence-corrected chi connectivity index (χ4v) is 4.19. The molecule has 4 aromatic rings. The molecule has 0 unspecified atom stereocenters. The Morgan fingerprint density at radius 2 is 1.93 bits per heavy atom. The van der Waals surface area contributed by atoms with Gasteiger partial charge in [-0.15, -0.1) is 0 Å². The third-order valence-electron chi connectivity index (χ3n) is 4.51. The Balaban J connectivity index is 1.64. The topological polar surface area (TPSA) is 55.3 Å². The summed E-state index contributed by atoms with van der Waals surface area (Å²) in [6.45, 7) is 4.46. The van der Waals surface area contributed by atoms with E-state index in [4.69, 9.17) is 9.72 Å². The van der Waals surface area contributed by atoms with Gasteiger partial charge in [0.1, 0.15) is 5.75 Å². The molecule has 5 nitrogen and oxygen atoms in total. The lowest BCUT2D eigenvalue weighted by Crippen LogP contribution is -2.34. The lowest BCUT2D eigenvalue weighted by atomic mass is 10.1. The van der Waals surface area contributed by atoms with Gasteiger partial charge >= 0.3 is 0 Å². The molecule has 0 saturated carbocycles. The number of rotatable bonds is 6. The van der Waals surface area contributed by atoms with Crippen molar-refractivity contribution in [1.29, 1.82) is 0 Å². The van der Waals surface area contributed by atoms with Gasteiger partial charge in [0.15, 0.2) is 11.7 Å². The molecule has 0 radical (unpaired) electrons. The molecule has 0 aliphatic rings. The number of amides is 1. The van der Waals surface area contributed by atoms with Crippen LogP contribution in [0.15, 0.2) is 67.0 Å². The van der Waals surface area contributed by atoms with Gasteiger partial charge in [0.2, 0.25) is 0 Å². The maximum Gasteiger partial charge on any atom is 0.267 e. The Morgan fingerprint density at radius 3 is 2.69 bits per heavy atom. The number of para-hydroxylation sites is 1. The number of benzene rings is 2. The summed E-state index contributed by atoms with van der Waals surface area (Å²) in [5.74, 6) is 0.518. The normalized spacial score (nSPS) is 10.8. The molecule has 0 aliphatic carbocycles. The van der Waals surface area contributed by atoms with E-state index < -0.39 is 0 Å². The predicted octanol–water partition coefficient (Wildman–Crippen LogP) is 4.92. The smallest absolute Gasteiger partial charge is 0.267 e. The van der Waals surface area contributed by atoms with Gasteiger partial charge in [-0.3, -0.25) is 14.7 Å². The van der Waals surface area contributed by atoms with Crippen LogP contribution in [0.5, 0.6) is 5.75 Å². The summed E-state index contributed by atoms with van der Waals surface area (Å²) < 4.78 is 6.79. The van der Waals surface area contributed by atoms with Crippen molar-refractivity contribution in [3.05, 3.63) is 83.7 Å². The van der Waals surface area contributed by atoms with Crippen LogP contribution in [0.3, 0.4) is 0 Å². The van der Waals surface area contributed by atoms with E-state index in [0.717, 1.165) is 26.9 Å². The largest absolute Gasteiger partial charge is 0.484 e. The standard InChI is InChI=1S/C23H21N3O2S/c1-16-11-17(2)22-20(12-16)25-23(29-22)26(14-18-7-6-10-24-13-18)21(27)15-28-19-8-4-3-5-9-19/h3-13H,14-15H2,1-2H3. The molecular weight excluding hydrogens is 382 g/mol. The summed E-state index contributed by atoms with van der Waals surface area (Å²) in [5, 5.41) is 0.666. The SMILES string of the molecule is Cc1cc(C)c2sc(N(Cc3cccnc3)C(=O)COc3ccccc3)nc2c1. The van der Waals surface area contributed by atoms with E-state index in [1.807, 2.05) is 42.5 Å². The molecular formula is C23H21N3O2S. The Bertz CT molecular complexity index is 1130. The monoisotopic (exact) mass is 403 g/mol. The van der Waals surface area contributed by atoms with E-state index >= 15 is 0 Å². The third-order valence-corrected chi connectivity index (χ3v) is 5.74. The summed E-state index contributed by atoms with van der Waals surface area (Å²) >= 11 is 1.53. The number of pyridine rings is 1. The van der Waals surface area contributed by atoms with E-state index in [0.29, 0.717) is 17.4 Å². The second kappa shape index (κ2) is 8.41. The van der Waals surface area contributed by atoms with Gasteiger partial charge in [0.05, 0.1) is 16.8 Å². The molecule has 0 aliphatic heterocycles. The summed E-state index contributed by atoms with van der Waals surface area (Å²) in [6.07, 6.45) is 3.49. The van der Waals surface area contributed by atoms with E-state index in [2.05, 4.69) is 31.0 Å². The highest BCUT2D eigenvalue weighted by atomic mass is 32.1. The van der Waals surface area contributed by atoms with E-state index in [1.165, 1.54) is 11.3 Å². The Labute approximate surface area is 173 Å². The van der Waals surface area contributed by atoms with Crippen molar-refractivity contribution in [3.8, 4) is 5.75 Å². The number of anilines is 1. The van der Waals surface area contributed by atoms with Crippen molar-refractivity contribution < 1.29 is 9.53 Å². The molecule has 0 saturated heterocycles. The highest BCUT2D eigenvalue weighted by molar-refractivity contribution is 7.22. The minimum atomic E-state index is -0.147. The number of hydrogen-bond acceptors (Lipinski definition) is 5. The van der Waals surface area contributed by atoms with Crippen molar-refractivity contribution in [3.63, 3.8) is 0 Å². The Kier molecular flexibility index (Phi) is 5.53. The number of thiazole rings is 1. The van der Waals surface area contributed by atoms with Gasteiger partial charge < -0.3 is 4.74 Å². The van der Waals surface area contributed by atoms with Crippen LogP contribution >= 0.6 is 11.3 Å². The molecule has 4 rings (SSSR count). The number of ether oxygens (including phenoxy) is 1. The number of carbonyl (C=O) groups is 1. The molecule has 0 N–H and O–H groups in total. The number of aromatic nitrogens is 2. The number of carbonyl (C=O) groups excluding carboxylic acids is 1. The first-order valence-corrected chi connectivity index (χ1v) is 10.2. The van der Waals surface area contributed by atoms with Crippen LogP contribution in [0.25, 0.3) is 10.2 Å². The Hall–Kier alpha value is -3.25. The van der Waals surface area contributed by atoms with Crippen molar-refractivity contribution in [1.82, 2.24) is 9.97 Å². The molecule has 0 fully saturated rings. The average molecular weight is 404 g/mol. The fourth-order valence-electron chi connectivity index (χ4n) is 3.16. The highest BCUT2D eigenvalue weighted by Crippen LogP contribution is 2.33. The lowest BCUT2D eigenvalue weighted by Gasteiger charge is -2.20. The van der Waals surface area contributed by atoms with Gasteiger partial charge in [-0.05, 0) is 54.8 Å². The zero-order valence-electron chi connectivity index (χ0n) is 16.3. The average Bonchev–Trinajstić information content (AvgIpc) is 3.16. The highest BCUT2D eigenvalue weighted by Gasteiger charge is 2.21. The van der Waals surface area contributed by atoms with Crippen LogP contribution in [0.2, 0.25) is 0 Å². The second-order valence-corrected chi connectivity index (χ2v) is 7.85. The quantitative estimate of drug-likeness (QED) is 0.458. The minimum Gasteiger partial charge on any atom is -0.484 e. The molecule has 6 heteroatoms. The maximum atomic E-state index is 13.1. The second-order valence-electron chi connectivity index (χ2n) is 6.87. The predicted molar refractivity (Wildman–Crippen MR) is 116 cm³/mol. The van der Waals surface area contributed by atoms with Crippen LogP contribution < -0.4 is 9.64 Å². The number of aryl methyl sites for hydroxylation is 2. The molecule has 0 atom stereocenters. The molecule has 2 heterocycles. The minimum absolute atomic E-state index is 0.0573. The first kappa shape index (κ1) is 19.1. The van der Waals surface area contributed by atoms with E-state index in [9.17, 15) is 4.79 Å². The fraction of sp³-hybridized carbons (Fsp3) is 0.174. The number of fused-ring (bicyclic) bond motifs is 1. The van der Waals surface area contributed by atoms with Crippen LogP contribution in [0, 0.1) is 13.8 Å². The molecule has 1 amide bonds. The van der Waals surface area contributed by atoms with Gasteiger partial charge in [0, 0.05) is 12.4 Å². The molecule has 0 spiro atoms. The van der Waals surface area contributed by atoms with Crippen LogP contribution in [-0.4, -0.2) is 22.5 Å². The first-order valence-electron chi connectivity index (χ1n) is 9.35.